The summed E-state index contributed by atoms with van der Waals surface area (Å²) in [6, 6.07) is 10.0. The third-order valence-electron chi connectivity index (χ3n) is 2.47. The van der Waals surface area contributed by atoms with Gasteiger partial charge in [-0.1, -0.05) is 30.3 Å². The van der Waals surface area contributed by atoms with Crippen LogP contribution in [0.5, 0.6) is 0 Å². The van der Waals surface area contributed by atoms with Crippen LogP contribution in [0.15, 0.2) is 30.3 Å². The second-order valence-electron chi connectivity index (χ2n) is 5.39. The van der Waals surface area contributed by atoms with E-state index in [9.17, 15) is 10.1 Å². The molecule has 1 rings (SSSR count). The smallest absolute Gasteiger partial charge is 0.228 e. The summed E-state index contributed by atoms with van der Waals surface area (Å²) in [5.41, 5.74) is 1.20. The van der Waals surface area contributed by atoms with Crippen LogP contribution in [0.4, 0.5) is 0 Å². The molecule has 0 aliphatic carbocycles. The zero-order valence-corrected chi connectivity index (χ0v) is 12.3. The normalized spacial score (nSPS) is 13.3. The van der Waals surface area contributed by atoms with E-state index in [4.69, 9.17) is 4.43 Å². The number of benzene rings is 1. The number of hydrogen-bond acceptors (Lipinski definition) is 3. The number of rotatable bonds is 7. The highest BCUT2D eigenvalue weighted by atomic mass is 28.4. The van der Waals surface area contributed by atoms with Crippen LogP contribution in [0.25, 0.3) is 0 Å². The lowest BCUT2D eigenvalue weighted by atomic mass is 10.1. The Bertz CT molecular complexity index is 376. The molecule has 0 amide bonds. The van der Waals surface area contributed by atoms with Crippen molar-refractivity contribution in [3.8, 4) is 0 Å². The minimum absolute atomic E-state index is 0.100. The molecule has 1 atom stereocenters. The van der Waals surface area contributed by atoms with E-state index in [-0.39, 0.29) is 17.6 Å². The number of nitro groups is 1. The Morgan fingerprint density at radius 2 is 1.89 bits per heavy atom. The third-order valence-corrected chi connectivity index (χ3v) is 3.51. The Morgan fingerprint density at radius 1 is 1.28 bits per heavy atom. The molecule has 1 aromatic rings. The predicted molar refractivity (Wildman–Crippen MR) is 74.8 cm³/mol. The van der Waals surface area contributed by atoms with Crippen LogP contribution in [-0.4, -0.2) is 25.9 Å². The van der Waals surface area contributed by atoms with Gasteiger partial charge in [-0.15, -0.1) is 0 Å². The van der Waals surface area contributed by atoms with Crippen LogP contribution in [0.2, 0.25) is 19.6 Å². The fourth-order valence-corrected chi connectivity index (χ4v) is 3.02. The zero-order valence-electron chi connectivity index (χ0n) is 11.3. The van der Waals surface area contributed by atoms with Gasteiger partial charge in [-0.3, -0.25) is 10.1 Å². The summed E-state index contributed by atoms with van der Waals surface area (Å²) in [4.78, 5) is 10.4. The van der Waals surface area contributed by atoms with Gasteiger partial charge in [0, 0.05) is 4.92 Å². The van der Waals surface area contributed by atoms with E-state index >= 15 is 0 Å². The van der Waals surface area contributed by atoms with E-state index in [0.29, 0.717) is 6.42 Å². The van der Waals surface area contributed by atoms with Crippen LogP contribution in [0, 0.1) is 10.1 Å². The van der Waals surface area contributed by atoms with Gasteiger partial charge in [0.2, 0.25) is 6.54 Å². The lowest BCUT2D eigenvalue weighted by Crippen LogP contribution is -2.36. The standard InChI is InChI=1S/C13H21NO3Si/c1-18(2,3)17-13(11-14(15)16)10-9-12-7-5-4-6-8-12/h4-8,13H,9-11H2,1-3H3. The summed E-state index contributed by atoms with van der Waals surface area (Å²) in [5.74, 6) is 0. The van der Waals surface area contributed by atoms with Crippen molar-refractivity contribution >= 4 is 8.32 Å². The first-order valence-corrected chi connectivity index (χ1v) is 9.61. The van der Waals surface area contributed by atoms with Gasteiger partial charge in [-0.25, -0.2) is 0 Å². The molecule has 0 aliphatic heterocycles. The van der Waals surface area contributed by atoms with Crippen molar-refractivity contribution in [3.63, 3.8) is 0 Å². The number of aryl methyl sites for hydroxylation is 1. The molecular weight excluding hydrogens is 246 g/mol. The molecule has 18 heavy (non-hydrogen) atoms. The number of hydrogen-bond donors (Lipinski definition) is 0. The second-order valence-corrected chi connectivity index (χ2v) is 9.85. The van der Waals surface area contributed by atoms with E-state index < -0.39 is 8.32 Å². The van der Waals surface area contributed by atoms with Gasteiger partial charge in [0.25, 0.3) is 0 Å². The Labute approximate surface area is 109 Å². The minimum atomic E-state index is -1.73. The lowest BCUT2D eigenvalue weighted by molar-refractivity contribution is -0.489. The minimum Gasteiger partial charge on any atom is -0.408 e. The molecule has 100 valence electrons. The molecule has 0 bridgehead atoms. The van der Waals surface area contributed by atoms with Crippen molar-refractivity contribution in [3.05, 3.63) is 46.0 Å². The second kappa shape index (κ2) is 6.66. The summed E-state index contributed by atoms with van der Waals surface area (Å²) >= 11 is 0. The summed E-state index contributed by atoms with van der Waals surface area (Å²) in [5, 5.41) is 10.6. The molecule has 1 aromatic carbocycles. The Balaban J connectivity index is 2.53. The highest BCUT2D eigenvalue weighted by Gasteiger charge is 2.24. The molecule has 0 spiro atoms. The largest absolute Gasteiger partial charge is 0.408 e. The van der Waals surface area contributed by atoms with E-state index in [1.54, 1.807) is 0 Å². The van der Waals surface area contributed by atoms with Gasteiger partial charge in [0.05, 0.1) is 0 Å². The average molecular weight is 267 g/mol. The van der Waals surface area contributed by atoms with Crippen LogP contribution in [0.3, 0.4) is 0 Å². The third kappa shape index (κ3) is 6.51. The van der Waals surface area contributed by atoms with E-state index in [2.05, 4.69) is 19.6 Å². The van der Waals surface area contributed by atoms with Gasteiger partial charge in [0.1, 0.15) is 6.10 Å². The summed E-state index contributed by atoms with van der Waals surface area (Å²) in [6.45, 7) is 6.07. The lowest BCUT2D eigenvalue weighted by Gasteiger charge is -2.23. The molecule has 5 heteroatoms. The maximum Gasteiger partial charge on any atom is 0.228 e. The molecule has 0 saturated heterocycles. The van der Waals surface area contributed by atoms with Crippen molar-refractivity contribution in [2.75, 3.05) is 6.54 Å². The zero-order chi connectivity index (χ0) is 13.6. The molecule has 1 unspecified atom stereocenters. The maximum atomic E-state index is 10.6. The predicted octanol–water partition coefficient (Wildman–Crippen LogP) is 3.12. The summed E-state index contributed by atoms with van der Waals surface area (Å²) < 4.78 is 5.87. The molecule has 0 saturated carbocycles. The van der Waals surface area contributed by atoms with E-state index in [1.165, 1.54) is 5.56 Å². The summed E-state index contributed by atoms with van der Waals surface area (Å²) in [7, 11) is -1.73. The Morgan fingerprint density at radius 3 is 2.39 bits per heavy atom. The van der Waals surface area contributed by atoms with Crippen LogP contribution in [-0.2, 0) is 10.8 Å². The first-order valence-electron chi connectivity index (χ1n) is 6.20. The van der Waals surface area contributed by atoms with E-state index in [0.717, 1.165) is 6.42 Å². The van der Waals surface area contributed by atoms with Crippen LogP contribution < -0.4 is 0 Å². The highest BCUT2D eigenvalue weighted by Crippen LogP contribution is 2.13. The van der Waals surface area contributed by atoms with Gasteiger partial charge >= 0.3 is 0 Å². The molecule has 0 aromatic heterocycles. The SMILES string of the molecule is C[Si](C)(C)OC(CCc1ccccc1)C[N+](=O)[O-]. The molecular formula is C13H21NO3Si. The van der Waals surface area contributed by atoms with E-state index in [1.807, 2.05) is 30.3 Å². The Hall–Kier alpha value is -1.20. The van der Waals surface area contributed by atoms with Crippen molar-refractivity contribution in [1.29, 1.82) is 0 Å². The first-order chi connectivity index (χ1) is 8.37. The van der Waals surface area contributed by atoms with Crippen LogP contribution in [0.1, 0.15) is 12.0 Å². The molecule has 0 heterocycles. The quantitative estimate of drug-likeness (QED) is 0.433. The fraction of sp³-hybridized carbons (Fsp3) is 0.538. The highest BCUT2D eigenvalue weighted by molar-refractivity contribution is 6.69. The molecule has 0 aliphatic rings. The van der Waals surface area contributed by atoms with Gasteiger partial charge in [-0.05, 0) is 38.0 Å². The van der Waals surface area contributed by atoms with Crippen molar-refractivity contribution < 1.29 is 9.35 Å². The van der Waals surface area contributed by atoms with Gasteiger partial charge in [-0.2, -0.15) is 0 Å². The van der Waals surface area contributed by atoms with Crippen LogP contribution >= 0.6 is 0 Å². The average Bonchev–Trinajstić information content (AvgIpc) is 2.24. The Kier molecular flexibility index (Phi) is 5.49. The molecule has 0 fully saturated rings. The van der Waals surface area contributed by atoms with Crippen molar-refractivity contribution in [2.45, 2.75) is 38.6 Å². The van der Waals surface area contributed by atoms with Crippen molar-refractivity contribution in [2.24, 2.45) is 0 Å². The van der Waals surface area contributed by atoms with Gasteiger partial charge in [0.15, 0.2) is 8.32 Å². The molecule has 4 nitrogen and oxygen atoms in total. The molecule has 0 N–H and O–H groups in total. The first kappa shape index (κ1) is 14.9. The topological polar surface area (TPSA) is 52.4 Å². The van der Waals surface area contributed by atoms with Gasteiger partial charge < -0.3 is 4.43 Å². The molecule has 0 radical (unpaired) electrons. The maximum absolute atomic E-state index is 10.6. The van der Waals surface area contributed by atoms with Crippen molar-refractivity contribution in [1.82, 2.24) is 0 Å². The fourth-order valence-electron chi connectivity index (χ4n) is 1.83. The monoisotopic (exact) mass is 267 g/mol. The summed E-state index contributed by atoms with van der Waals surface area (Å²) in [6.07, 6.45) is 1.26. The number of nitrogens with zero attached hydrogens (tertiary/aromatic N) is 1.